The average molecular weight is 246 g/mol. The number of aliphatic carboxylic acids is 1. The third-order valence-electron chi connectivity index (χ3n) is 3.52. The van der Waals surface area contributed by atoms with Crippen molar-refractivity contribution in [2.45, 2.75) is 26.3 Å². The second-order valence-corrected chi connectivity index (χ2v) is 4.79. The monoisotopic (exact) mass is 246 g/mol. The lowest BCUT2D eigenvalue weighted by molar-refractivity contribution is -0.138. The Morgan fingerprint density at radius 3 is 2.72 bits per heavy atom. The fraction of sp³-hybridized carbons (Fsp3) is 0.357. The van der Waals surface area contributed by atoms with Gasteiger partial charge in [-0.05, 0) is 31.0 Å². The van der Waals surface area contributed by atoms with Crippen molar-refractivity contribution in [1.29, 1.82) is 0 Å². The van der Waals surface area contributed by atoms with Gasteiger partial charge in [-0.25, -0.2) is 0 Å². The molecule has 18 heavy (non-hydrogen) atoms. The molecule has 1 atom stereocenters. The number of nitrogens with zero attached hydrogens (tertiary/aromatic N) is 1. The van der Waals surface area contributed by atoms with E-state index in [9.17, 15) is 4.79 Å². The van der Waals surface area contributed by atoms with Gasteiger partial charge >= 0.3 is 5.97 Å². The maximum absolute atomic E-state index is 10.9. The van der Waals surface area contributed by atoms with Gasteiger partial charge in [-0.15, -0.1) is 0 Å². The molecule has 2 aromatic rings. The van der Waals surface area contributed by atoms with Crippen LogP contribution >= 0.6 is 0 Å². The molecular weight excluding hydrogens is 228 g/mol. The summed E-state index contributed by atoms with van der Waals surface area (Å²) in [4.78, 5) is 10.9. The zero-order valence-corrected chi connectivity index (χ0v) is 10.9. The molecule has 0 saturated carbocycles. The normalized spacial score (nSPS) is 12.9. The molecule has 0 bridgehead atoms. The summed E-state index contributed by atoms with van der Waals surface area (Å²) in [5, 5.41) is 10.0. The van der Waals surface area contributed by atoms with E-state index in [-0.39, 0.29) is 0 Å². The summed E-state index contributed by atoms with van der Waals surface area (Å²) in [6.45, 7) is 4.05. The van der Waals surface area contributed by atoms with E-state index in [2.05, 4.69) is 10.6 Å². The predicted molar refractivity (Wildman–Crippen MR) is 71.7 cm³/mol. The molecule has 1 unspecified atom stereocenters. The second-order valence-electron chi connectivity index (χ2n) is 4.79. The zero-order chi connectivity index (χ0) is 13.4. The number of rotatable bonds is 3. The summed E-state index contributed by atoms with van der Waals surface area (Å²) >= 11 is 0. The Morgan fingerprint density at radius 2 is 2.11 bits per heavy atom. The Bertz CT molecular complexity index is 614. The number of carboxylic acids is 1. The second kappa shape index (κ2) is 4.46. The molecule has 0 saturated heterocycles. The van der Waals surface area contributed by atoms with Crippen LogP contribution in [0, 0.1) is 13.8 Å². The number of hydrogen-bond donors (Lipinski definition) is 2. The Labute approximate surface area is 106 Å². The van der Waals surface area contributed by atoms with Crippen LogP contribution in [-0.4, -0.2) is 21.7 Å². The van der Waals surface area contributed by atoms with Crippen LogP contribution in [0.2, 0.25) is 0 Å². The highest BCUT2D eigenvalue weighted by atomic mass is 16.4. The van der Waals surface area contributed by atoms with Gasteiger partial charge in [0.25, 0.3) is 0 Å². The molecule has 4 heteroatoms. The average Bonchev–Trinajstić information content (AvgIpc) is 2.54. The van der Waals surface area contributed by atoms with Crippen LogP contribution in [0.5, 0.6) is 0 Å². The van der Waals surface area contributed by atoms with E-state index in [0.29, 0.717) is 6.42 Å². The fourth-order valence-electron chi connectivity index (χ4n) is 2.32. The van der Waals surface area contributed by atoms with Crippen LogP contribution in [0.25, 0.3) is 10.9 Å². The fourth-order valence-corrected chi connectivity index (χ4v) is 2.32. The largest absolute Gasteiger partial charge is 0.480 e. The predicted octanol–water partition coefficient (Wildman–Crippen LogP) is 1.75. The number of aromatic nitrogens is 1. The molecule has 0 aliphatic rings. The van der Waals surface area contributed by atoms with E-state index in [1.165, 1.54) is 5.56 Å². The van der Waals surface area contributed by atoms with E-state index >= 15 is 0 Å². The Morgan fingerprint density at radius 1 is 1.44 bits per heavy atom. The lowest BCUT2D eigenvalue weighted by Crippen LogP contribution is -2.32. The van der Waals surface area contributed by atoms with Gasteiger partial charge in [0.1, 0.15) is 6.04 Å². The SMILES string of the molecule is Cc1ccc2c(CC(N)C(=O)O)c(C)n(C)c2c1. The maximum Gasteiger partial charge on any atom is 0.320 e. The molecule has 0 fully saturated rings. The van der Waals surface area contributed by atoms with Crippen molar-refractivity contribution in [3.8, 4) is 0 Å². The Hall–Kier alpha value is -1.81. The molecule has 1 aromatic heterocycles. The first kappa shape index (κ1) is 12.6. The molecule has 1 heterocycles. The lowest BCUT2D eigenvalue weighted by Gasteiger charge is -2.07. The molecule has 96 valence electrons. The third-order valence-corrected chi connectivity index (χ3v) is 3.52. The summed E-state index contributed by atoms with van der Waals surface area (Å²) < 4.78 is 2.09. The molecule has 0 spiro atoms. The summed E-state index contributed by atoms with van der Waals surface area (Å²) in [6.07, 6.45) is 0.363. The van der Waals surface area contributed by atoms with Crippen molar-refractivity contribution in [2.75, 3.05) is 0 Å². The van der Waals surface area contributed by atoms with Crippen LogP contribution in [0.15, 0.2) is 18.2 Å². The molecule has 0 amide bonds. The van der Waals surface area contributed by atoms with Gasteiger partial charge in [0, 0.05) is 30.1 Å². The molecule has 4 nitrogen and oxygen atoms in total. The van der Waals surface area contributed by atoms with E-state index in [0.717, 1.165) is 22.2 Å². The van der Waals surface area contributed by atoms with Crippen molar-refractivity contribution >= 4 is 16.9 Å². The van der Waals surface area contributed by atoms with Crippen molar-refractivity contribution in [1.82, 2.24) is 4.57 Å². The first-order chi connectivity index (χ1) is 8.41. The summed E-state index contributed by atoms with van der Waals surface area (Å²) in [6, 6.07) is 5.34. The lowest BCUT2D eigenvalue weighted by atomic mass is 10.0. The third kappa shape index (κ3) is 1.99. The molecule has 2 rings (SSSR count). The smallest absolute Gasteiger partial charge is 0.320 e. The van der Waals surface area contributed by atoms with Gasteiger partial charge in [0.05, 0.1) is 0 Å². The zero-order valence-electron chi connectivity index (χ0n) is 10.9. The van der Waals surface area contributed by atoms with E-state index in [1.54, 1.807) is 0 Å². The van der Waals surface area contributed by atoms with Gasteiger partial charge in [0.2, 0.25) is 0 Å². The molecule has 0 aliphatic carbocycles. The Kier molecular flexibility index (Phi) is 3.13. The molecule has 1 aromatic carbocycles. The van der Waals surface area contributed by atoms with Gasteiger partial charge in [0.15, 0.2) is 0 Å². The van der Waals surface area contributed by atoms with Crippen LogP contribution < -0.4 is 5.73 Å². The van der Waals surface area contributed by atoms with Crippen molar-refractivity contribution in [3.63, 3.8) is 0 Å². The summed E-state index contributed by atoms with van der Waals surface area (Å²) in [5.74, 6) is -0.960. The number of hydrogen-bond acceptors (Lipinski definition) is 2. The summed E-state index contributed by atoms with van der Waals surface area (Å²) in [5.41, 5.74) is 10.1. The minimum Gasteiger partial charge on any atom is -0.480 e. The number of aryl methyl sites for hydroxylation is 2. The van der Waals surface area contributed by atoms with Crippen LogP contribution in [0.3, 0.4) is 0 Å². The Balaban J connectivity index is 2.57. The number of benzene rings is 1. The minimum absolute atomic E-state index is 0.363. The van der Waals surface area contributed by atoms with E-state index in [4.69, 9.17) is 10.8 Å². The highest BCUT2D eigenvalue weighted by molar-refractivity contribution is 5.87. The molecular formula is C14H18N2O2. The van der Waals surface area contributed by atoms with Crippen LogP contribution in [0.4, 0.5) is 0 Å². The van der Waals surface area contributed by atoms with Gasteiger partial charge < -0.3 is 15.4 Å². The quantitative estimate of drug-likeness (QED) is 0.867. The number of nitrogens with two attached hydrogens (primary N) is 1. The molecule has 3 N–H and O–H groups in total. The summed E-state index contributed by atoms with van der Waals surface area (Å²) in [7, 11) is 1.99. The van der Waals surface area contributed by atoms with Gasteiger partial charge in [-0.3, -0.25) is 4.79 Å². The standard InChI is InChI=1S/C14H18N2O2/c1-8-4-5-10-11(7-12(15)14(17)18)9(2)16(3)13(10)6-8/h4-6,12H,7,15H2,1-3H3,(H,17,18). The molecule has 0 aliphatic heterocycles. The van der Waals surface area contributed by atoms with Crippen molar-refractivity contribution in [2.24, 2.45) is 12.8 Å². The number of fused-ring (bicyclic) bond motifs is 1. The topological polar surface area (TPSA) is 68.2 Å². The number of carboxylic acid groups (broad SMARTS) is 1. The van der Waals surface area contributed by atoms with Gasteiger partial charge in [-0.2, -0.15) is 0 Å². The van der Waals surface area contributed by atoms with Crippen molar-refractivity contribution < 1.29 is 9.90 Å². The number of carbonyl (C=O) groups is 1. The van der Waals surface area contributed by atoms with Crippen LogP contribution in [-0.2, 0) is 18.3 Å². The molecule has 0 radical (unpaired) electrons. The van der Waals surface area contributed by atoms with E-state index in [1.807, 2.05) is 33.0 Å². The van der Waals surface area contributed by atoms with Crippen LogP contribution in [0.1, 0.15) is 16.8 Å². The van der Waals surface area contributed by atoms with Gasteiger partial charge in [-0.1, -0.05) is 12.1 Å². The van der Waals surface area contributed by atoms with Crippen molar-refractivity contribution in [3.05, 3.63) is 35.0 Å². The minimum atomic E-state index is -0.960. The first-order valence-electron chi connectivity index (χ1n) is 5.94. The maximum atomic E-state index is 10.9. The highest BCUT2D eigenvalue weighted by Gasteiger charge is 2.18. The first-order valence-corrected chi connectivity index (χ1v) is 5.94. The van der Waals surface area contributed by atoms with E-state index < -0.39 is 12.0 Å². The highest BCUT2D eigenvalue weighted by Crippen LogP contribution is 2.26.